The molecule has 0 aliphatic carbocycles. The minimum Gasteiger partial charge on any atom is -0.456 e. The van der Waals surface area contributed by atoms with Crippen molar-refractivity contribution in [2.24, 2.45) is 0 Å². The molecule has 0 amide bonds. The third-order valence-electron chi connectivity index (χ3n) is 10.7. The van der Waals surface area contributed by atoms with Crippen LogP contribution in [0.15, 0.2) is 197 Å². The molecule has 3 heteroatoms. The van der Waals surface area contributed by atoms with Crippen molar-refractivity contribution in [2.45, 2.75) is 0 Å². The van der Waals surface area contributed by atoms with Crippen molar-refractivity contribution in [1.82, 2.24) is 0 Å². The molecule has 0 spiro atoms. The maximum absolute atomic E-state index is 7.06. The van der Waals surface area contributed by atoms with Crippen LogP contribution in [0.4, 0.5) is 17.1 Å². The van der Waals surface area contributed by atoms with Gasteiger partial charge in [-0.1, -0.05) is 158 Å². The quantitative estimate of drug-likeness (QED) is 0.182. The fraction of sp³-hybridized carbons (Fsp3) is 0. The number of fused-ring (bicyclic) bond motifs is 8. The van der Waals surface area contributed by atoms with Crippen molar-refractivity contribution < 1.29 is 8.83 Å². The Morgan fingerprint density at radius 2 is 0.887 bits per heavy atom. The summed E-state index contributed by atoms with van der Waals surface area (Å²) in [6.07, 6.45) is 0. The van der Waals surface area contributed by atoms with E-state index in [0.29, 0.717) is 0 Å². The van der Waals surface area contributed by atoms with Gasteiger partial charge in [0.2, 0.25) is 0 Å². The van der Waals surface area contributed by atoms with Crippen LogP contribution in [0.3, 0.4) is 0 Å². The Morgan fingerprint density at radius 3 is 1.77 bits per heavy atom. The first-order valence-electron chi connectivity index (χ1n) is 18.0. The molecule has 0 aliphatic heterocycles. The zero-order valence-electron chi connectivity index (χ0n) is 28.7. The highest BCUT2D eigenvalue weighted by atomic mass is 16.3. The number of furan rings is 2. The maximum Gasteiger partial charge on any atom is 0.159 e. The van der Waals surface area contributed by atoms with Gasteiger partial charge in [-0.15, -0.1) is 0 Å². The third-order valence-corrected chi connectivity index (χ3v) is 10.7. The van der Waals surface area contributed by atoms with Crippen LogP contribution >= 0.6 is 0 Å². The Morgan fingerprint density at radius 1 is 0.302 bits per heavy atom. The molecule has 0 aliphatic rings. The van der Waals surface area contributed by atoms with Crippen LogP contribution in [-0.2, 0) is 0 Å². The van der Waals surface area contributed by atoms with Crippen LogP contribution in [0.2, 0.25) is 0 Å². The second kappa shape index (κ2) is 11.7. The van der Waals surface area contributed by atoms with Gasteiger partial charge in [-0.2, -0.15) is 0 Å². The molecule has 0 saturated carbocycles. The molecule has 53 heavy (non-hydrogen) atoms. The average Bonchev–Trinajstić information content (AvgIpc) is 3.81. The summed E-state index contributed by atoms with van der Waals surface area (Å²) in [5.41, 5.74) is 11.1. The van der Waals surface area contributed by atoms with E-state index in [0.717, 1.165) is 77.5 Å². The second-order valence-electron chi connectivity index (χ2n) is 13.6. The van der Waals surface area contributed by atoms with E-state index in [4.69, 9.17) is 8.83 Å². The largest absolute Gasteiger partial charge is 0.456 e. The van der Waals surface area contributed by atoms with Crippen LogP contribution in [0.1, 0.15) is 0 Å². The van der Waals surface area contributed by atoms with E-state index in [2.05, 4.69) is 175 Å². The summed E-state index contributed by atoms with van der Waals surface area (Å²) in [6, 6.07) is 66.6. The fourth-order valence-electron chi connectivity index (χ4n) is 8.33. The zero-order valence-corrected chi connectivity index (χ0v) is 28.7. The minimum absolute atomic E-state index is 0.831. The van der Waals surface area contributed by atoms with Crippen LogP contribution in [0.25, 0.3) is 87.7 Å². The van der Waals surface area contributed by atoms with E-state index in [1.54, 1.807) is 0 Å². The Hall–Kier alpha value is -7.10. The molecular weight excluding hydrogens is 647 g/mol. The van der Waals surface area contributed by atoms with Gasteiger partial charge in [-0.25, -0.2) is 0 Å². The Kier molecular flexibility index (Phi) is 6.55. The standard InChI is InChI=1S/C50H31NO2/c1-2-14-33(15-3-1)35-22-11-24-40-41-25-12-27-45(50(41)53-49(35)40)51(44-26-13-29-47-48(44)42-21-8-9-28-46(42)52-47)43-31-30-38(37-19-6-7-20-39(37)43)36-23-10-17-32-16-4-5-18-34(32)36/h1-31H. The van der Waals surface area contributed by atoms with Crippen LogP contribution < -0.4 is 4.90 Å². The molecule has 0 bridgehead atoms. The summed E-state index contributed by atoms with van der Waals surface area (Å²) in [5, 5.41) is 9.07. The molecule has 0 fully saturated rings. The number of rotatable bonds is 5. The summed E-state index contributed by atoms with van der Waals surface area (Å²) in [6.45, 7) is 0. The van der Waals surface area contributed by atoms with E-state index < -0.39 is 0 Å². The number of hydrogen-bond acceptors (Lipinski definition) is 3. The van der Waals surface area contributed by atoms with Gasteiger partial charge in [-0.3, -0.25) is 0 Å². The second-order valence-corrected chi connectivity index (χ2v) is 13.6. The van der Waals surface area contributed by atoms with Crippen molar-refractivity contribution in [3.63, 3.8) is 0 Å². The maximum atomic E-state index is 7.06. The van der Waals surface area contributed by atoms with Gasteiger partial charge in [0.25, 0.3) is 0 Å². The number of nitrogens with zero attached hydrogens (tertiary/aromatic N) is 1. The number of benzene rings is 9. The normalized spacial score (nSPS) is 11.8. The summed E-state index contributed by atoms with van der Waals surface area (Å²) in [4.78, 5) is 2.38. The smallest absolute Gasteiger partial charge is 0.159 e. The number of hydrogen-bond donors (Lipinski definition) is 0. The monoisotopic (exact) mass is 677 g/mol. The number of para-hydroxylation sites is 3. The average molecular weight is 678 g/mol. The number of anilines is 3. The summed E-state index contributed by atoms with van der Waals surface area (Å²) < 4.78 is 13.5. The molecule has 0 saturated heterocycles. The summed E-state index contributed by atoms with van der Waals surface area (Å²) >= 11 is 0. The van der Waals surface area contributed by atoms with Gasteiger partial charge in [0.1, 0.15) is 16.7 Å². The predicted octanol–water partition coefficient (Wildman–Crippen LogP) is 14.6. The lowest BCUT2D eigenvalue weighted by molar-refractivity contribution is 0.668. The van der Waals surface area contributed by atoms with E-state index in [1.807, 2.05) is 18.2 Å². The molecule has 2 heterocycles. The highest BCUT2D eigenvalue weighted by Crippen LogP contribution is 2.50. The first-order valence-corrected chi connectivity index (χ1v) is 18.0. The lowest BCUT2D eigenvalue weighted by Gasteiger charge is -2.28. The lowest BCUT2D eigenvalue weighted by Crippen LogP contribution is -2.11. The Labute approximate surface area is 305 Å². The molecule has 3 nitrogen and oxygen atoms in total. The Balaban J connectivity index is 1.24. The summed E-state index contributed by atoms with van der Waals surface area (Å²) in [5.74, 6) is 0. The third kappa shape index (κ3) is 4.54. The molecule has 11 rings (SSSR count). The zero-order chi connectivity index (χ0) is 34.9. The van der Waals surface area contributed by atoms with Gasteiger partial charge in [0.05, 0.1) is 22.4 Å². The van der Waals surface area contributed by atoms with Gasteiger partial charge in [-0.05, 0) is 63.2 Å². The SMILES string of the molecule is c1ccc(-c2cccc3c2oc2c(N(c4ccc(-c5cccc6ccccc56)c5ccccc45)c4cccc5oc6ccccc6c45)cccc23)cc1. The molecule has 0 N–H and O–H groups in total. The summed E-state index contributed by atoms with van der Waals surface area (Å²) in [7, 11) is 0. The van der Waals surface area contributed by atoms with Crippen molar-refractivity contribution >= 4 is 82.5 Å². The topological polar surface area (TPSA) is 29.5 Å². The van der Waals surface area contributed by atoms with Gasteiger partial charge < -0.3 is 13.7 Å². The van der Waals surface area contributed by atoms with Gasteiger partial charge in [0.15, 0.2) is 5.58 Å². The molecule has 248 valence electrons. The van der Waals surface area contributed by atoms with Crippen molar-refractivity contribution in [2.75, 3.05) is 4.90 Å². The molecule has 2 aromatic heterocycles. The first-order chi connectivity index (χ1) is 26.3. The molecule has 9 aromatic carbocycles. The van der Waals surface area contributed by atoms with E-state index in [9.17, 15) is 0 Å². The fourth-order valence-corrected chi connectivity index (χ4v) is 8.33. The van der Waals surface area contributed by atoms with Crippen molar-refractivity contribution in [1.29, 1.82) is 0 Å². The van der Waals surface area contributed by atoms with Crippen LogP contribution in [0.5, 0.6) is 0 Å². The molecular formula is C50H31NO2. The molecule has 0 unspecified atom stereocenters. The highest BCUT2D eigenvalue weighted by Gasteiger charge is 2.25. The lowest BCUT2D eigenvalue weighted by atomic mass is 9.92. The van der Waals surface area contributed by atoms with Crippen molar-refractivity contribution in [3.8, 4) is 22.3 Å². The minimum atomic E-state index is 0.831. The molecule has 0 atom stereocenters. The highest BCUT2D eigenvalue weighted by molar-refractivity contribution is 6.19. The Bertz CT molecular complexity index is 3180. The van der Waals surface area contributed by atoms with E-state index in [1.165, 1.54) is 27.3 Å². The van der Waals surface area contributed by atoms with Gasteiger partial charge >= 0.3 is 0 Å². The molecule has 11 aromatic rings. The predicted molar refractivity (Wildman–Crippen MR) is 222 cm³/mol. The van der Waals surface area contributed by atoms with E-state index >= 15 is 0 Å². The first kappa shape index (κ1) is 29.6. The van der Waals surface area contributed by atoms with Crippen molar-refractivity contribution in [3.05, 3.63) is 188 Å². The van der Waals surface area contributed by atoms with Crippen LogP contribution in [0, 0.1) is 0 Å². The van der Waals surface area contributed by atoms with E-state index in [-0.39, 0.29) is 0 Å². The molecule has 0 radical (unpaired) electrons. The van der Waals surface area contributed by atoms with Crippen LogP contribution in [-0.4, -0.2) is 0 Å². The van der Waals surface area contributed by atoms with Gasteiger partial charge in [0, 0.05) is 27.1 Å².